The summed E-state index contributed by atoms with van der Waals surface area (Å²) in [5.41, 5.74) is 0. The van der Waals surface area contributed by atoms with Crippen molar-refractivity contribution in [1.82, 2.24) is 15.0 Å². The van der Waals surface area contributed by atoms with Crippen molar-refractivity contribution in [3.63, 3.8) is 0 Å². The summed E-state index contributed by atoms with van der Waals surface area (Å²) in [7, 11) is 0. The van der Waals surface area contributed by atoms with E-state index in [2.05, 4.69) is 46.8 Å². The highest BCUT2D eigenvalue weighted by molar-refractivity contribution is 9.10. The van der Waals surface area contributed by atoms with Gasteiger partial charge in [-0.1, -0.05) is 0 Å². The van der Waals surface area contributed by atoms with Crippen LogP contribution in [0.15, 0.2) is 43.5 Å². The van der Waals surface area contributed by atoms with Gasteiger partial charge in [-0.25, -0.2) is 15.0 Å². The maximum Gasteiger partial charge on any atom is 0.223 e. The van der Waals surface area contributed by atoms with Crippen molar-refractivity contribution in [3.05, 3.63) is 38.8 Å². The lowest BCUT2D eigenvalue weighted by Crippen LogP contribution is -1.87. The average molecular weight is 381 g/mol. The quantitative estimate of drug-likeness (QED) is 0.577. The number of halogens is 3. The number of hydrogen-bond acceptors (Lipinski definition) is 4. The van der Waals surface area contributed by atoms with Crippen molar-refractivity contribution in [2.75, 3.05) is 0 Å². The fourth-order valence-electron chi connectivity index (χ4n) is 0.924. The summed E-state index contributed by atoms with van der Waals surface area (Å²) in [5.74, 6) is 0. The Labute approximate surface area is 118 Å². The van der Waals surface area contributed by atoms with E-state index < -0.39 is 0 Å². The van der Waals surface area contributed by atoms with Gasteiger partial charge >= 0.3 is 0 Å². The van der Waals surface area contributed by atoms with E-state index in [9.17, 15) is 0 Å². The smallest absolute Gasteiger partial charge is 0.223 e. The van der Waals surface area contributed by atoms with Gasteiger partial charge in [0.2, 0.25) is 5.28 Å². The second kappa shape index (κ2) is 5.44. The fourth-order valence-corrected chi connectivity index (χ4v) is 2.50. The summed E-state index contributed by atoms with van der Waals surface area (Å²) in [5, 5.41) is 1.82. The Balaban J connectivity index is 2.26. The van der Waals surface area contributed by atoms with Crippen LogP contribution in [0.25, 0.3) is 0 Å². The number of nitrogens with zero attached hydrogens (tertiary/aromatic N) is 3. The van der Waals surface area contributed by atoms with E-state index in [0.29, 0.717) is 0 Å². The molecule has 0 bridgehead atoms. The maximum atomic E-state index is 5.72. The molecule has 2 rings (SSSR count). The van der Waals surface area contributed by atoms with E-state index in [1.54, 1.807) is 12.4 Å². The first-order valence-corrected chi connectivity index (χ1v) is 6.90. The van der Waals surface area contributed by atoms with Crippen LogP contribution in [0, 0.1) is 0 Å². The van der Waals surface area contributed by atoms with Gasteiger partial charge in [-0.05, 0) is 67.4 Å². The van der Waals surface area contributed by atoms with E-state index >= 15 is 0 Å². The number of rotatable bonds is 2. The standard InChI is InChI=1S/C9H4Br2ClN3S/c10-5-1-2-7(13-3-5)16-8-6(11)4-14-9(12)15-8/h1-4H. The molecule has 2 aromatic heterocycles. The van der Waals surface area contributed by atoms with Gasteiger partial charge in [0.15, 0.2) is 0 Å². The molecule has 2 aromatic rings. The average Bonchev–Trinajstić information content (AvgIpc) is 2.27. The molecule has 0 aliphatic rings. The molecule has 0 radical (unpaired) electrons. The van der Waals surface area contributed by atoms with Gasteiger partial charge in [-0.3, -0.25) is 0 Å². The summed E-state index contributed by atoms with van der Waals surface area (Å²) in [4.78, 5) is 12.2. The topological polar surface area (TPSA) is 38.7 Å². The molecule has 0 unspecified atom stereocenters. The van der Waals surface area contributed by atoms with Gasteiger partial charge in [0.05, 0.1) is 4.47 Å². The van der Waals surface area contributed by atoms with Gasteiger partial charge in [-0.2, -0.15) is 0 Å². The molecule has 2 heterocycles. The lowest BCUT2D eigenvalue weighted by atomic mass is 10.5. The minimum atomic E-state index is 0.225. The molecule has 0 atom stereocenters. The van der Waals surface area contributed by atoms with Crippen LogP contribution in [-0.4, -0.2) is 15.0 Å². The molecule has 3 nitrogen and oxygen atoms in total. The Hall–Kier alpha value is -0.170. The van der Waals surface area contributed by atoms with E-state index in [1.807, 2.05) is 12.1 Å². The molecule has 82 valence electrons. The SMILES string of the molecule is Clc1ncc(Br)c(Sc2ccc(Br)cn2)n1. The summed E-state index contributed by atoms with van der Waals surface area (Å²) in [6.45, 7) is 0. The summed E-state index contributed by atoms with van der Waals surface area (Å²) in [6.07, 6.45) is 3.36. The highest BCUT2D eigenvalue weighted by atomic mass is 79.9. The monoisotopic (exact) mass is 379 g/mol. The van der Waals surface area contributed by atoms with Crippen LogP contribution < -0.4 is 0 Å². The highest BCUT2D eigenvalue weighted by Crippen LogP contribution is 2.31. The zero-order chi connectivity index (χ0) is 11.5. The van der Waals surface area contributed by atoms with Gasteiger partial charge < -0.3 is 0 Å². The molecule has 16 heavy (non-hydrogen) atoms. The normalized spacial score (nSPS) is 10.4. The Bertz CT molecular complexity index is 507. The number of hydrogen-bond donors (Lipinski definition) is 0. The summed E-state index contributed by atoms with van der Waals surface area (Å²) in [6, 6.07) is 3.82. The van der Waals surface area contributed by atoms with Gasteiger partial charge in [0.25, 0.3) is 0 Å². The molecule has 0 N–H and O–H groups in total. The molecular formula is C9H4Br2ClN3S. The van der Waals surface area contributed by atoms with Gasteiger partial charge in [-0.15, -0.1) is 0 Å². The molecule has 0 spiro atoms. The van der Waals surface area contributed by atoms with Crippen LogP contribution in [-0.2, 0) is 0 Å². The van der Waals surface area contributed by atoms with Gasteiger partial charge in [0.1, 0.15) is 10.1 Å². The van der Waals surface area contributed by atoms with E-state index in [1.165, 1.54) is 11.8 Å². The molecule has 0 amide bonds. The Morgan fingerprint density at radius 2 is 1.94 bits per heavy atom. The summed E-state index contributed by atoms with van der Waals surface area (Å²) < 4.78 is 1.74. The zero-order valence-corrected chi connectivity index (χ0v) is 12.4. The van der Waals surface area contributed by atoms with Crippen molar-refractivity contribution in [2.45, 2.75) is 10.1 Å². The largest absolute Gasteiger partial charge is 0.248 e. The van der Waals surface area contributed by atoms with Crippen LogP contribution in [0.1, 0.15) is 0 Å². The van der Waals surface area contributed by atoms with E-state index in [0.717, 1.165) is 19.0 Å². The van der Waals surface area contributed by atoms with Crippen molar-refractivity contribution in [2.24, 2.45) is 0 Å². The third-order valence-corrected chi connectivity index (χ3v) is 4.03. The minimum Gasteiger partial charge on any atom is -0.248 e. The molecule has 7 heteroatoms. The van der Waals surface area contributed by atoms with Gasteiger partial charge in [0, 0.05) is 16.9 Å². The highest BCUT2D eigenvalue weighted by Gasteiger charge is 2.06. The molecule has 0 fully saturated rings. The first-order chi connectivity index (χ1) is 7.65. The van der Waals surface area contributed by atoms with Crippen molar-refractivity contribution >= 4 is 55.2 Å². The Morgan fingerprint density at radius 3 is 2.62 bits per heavy atom. The van der Waals surface area contributed by atoms with E-state index in [4.69, 9.17) is 11.6 Å². The number of pyridine rings is 1. The van der Waals surface area contributed by atoms with Crippen LogP contribution in [0.3, 0.4) is 0 Å². The lowest BCUT2D eigenvalue weighted by molar-refractivity contribution is 1.02. The lowest BCUT2D eigenvalue weighted by Gasteiger charge is -2.02. The molecule has 0 saturated carbocycles. The Kier molecular flexibility index (Phi) is 4.18. The van der Waals surface area contributed by atoms with Crippen LogP contribution in [0.5, 0.6) is 0 Å². The number of aromatic nitrogens is 3. The molecular weight excluding hydrogens is 377 g/mol. The molecule has 0 saturated heterocycles. The van der Waals surface area contributed by atoms with E-state index in [-0.39, 0.29) is 5.28 Å². The minimum absolute atomic E-state index is 0.225. The van der Waals surface area contributed by atoms with Crippen molar-refractivity contribution in [1.29, 1.82) is 0 Å². The first-order valence-electron chi connectivity index (χ1n) is 4.12. The molecule has 0 aliphatic carbocycles. The van der Waals surface area contributed by atoms with Crippen molar-refractivity contribution in [3.8, 4) is 0 Å². The third kappa shape index (κ3) is 3.16. The van der Waals surface area contributed by atoms with Crippen molar-refractivity contribution < 1.29 is 0 Å². The molecule has 0 aromatic carbocycles. The first kappa shape index (κ1) is 12.3. The van der Waals surface area contributed by atoms with Crippen LogP contribution in [0.4, 0.5) is 0 Å². The second-order valence-corrected chi connectivity index (χ2v) is 5.83. The second-order valence-electron chi connectivity index (χ2n) is 2.71. The summed E-state index contributed by atoms with van der Waals surface area (Å²) >= 11 is 13.8. The third-order valence-electron chi connectivity index (χ3n) is 1.58. The Morgan fingerprint density at radius 1 is 1.12 bits per heavy atom. The predicted octanol–water partition coefficient (Wildman–Crippen LogP) is 4.20. The van der Waals surface area contributed by atoms with Crippen LogP contribution >= 0.6 is 55.2 Å². The van der Waals surface area contributed by atoms with Crippen LogP contribution in [0.2, 0.25) is 5.28 Å². The zero-order valence-electron chi connectivity index (χ0n) is 7.69. The predicted molar refractivity (Wildman–Crippen MR) is 70.8 cm³/mol. The maximum absolute atomic E-state index is 5.72. The fraction of sp³-hybridized carbons (Fsp3) is 0. The molecule has 0 aliphatic heterocycles.